The van der Waals surface area contributed by atoms with Gasteiger partial charge in [-0.1, -0.05) is 44.2 Å². The van der Waals surface area contributed by atoms with Crippen LogP contribution in [-0.4, -0.2) is 24.4 Å². The Morgan fingerprint density at radius 2 is 2.05 bits per heavy atom. The first-order valence-corrected chi connectivity index (χ1v) is 6.62. The lowest BCUT2D eigenvalue weighted by atomic mass is 9.84. The predicted molar refractivity (Wildman–Crippen MR) is 73.6 cm³/mol. The van der Waals surface area contributed by atoms with Gasteiger partial charge in [-0.25, -0.2) is 0 Å². The number of hydrogen-bond acceptors (Lipinski definition) is 2. The monoisotopic (exact) mass is 260 g/mol. The van der Waals surface area contributed by atoms with E-state index in [1.807, 2.05) is 18.2 Å². The molecule has 2 amide bonds. The highest BCUT2D eigenvalue weighted by Gasteiger charge is 2.28. The quantitative estimate of drug-likeness (QED) is 0.858. The third kappa shape index (κ3) is 3.34. The molecule has 4 heteroatoms. The maximum Gasteiger partial charge on any atom is 0.242 e. The van der Waals surface area contributed by atoms with Crippen LogP contribution in [-0.2, 0) is 15.0 Å². The topological polar surface area (TPSA) is 58.2 Å². The Bertz CT molecular complexity index is 468. The second kappa shape index (κ2) is 5.43. The molecule has 0 aliphatic carbocycles. The molecule has 4 nitrogen and oxygen atoms in total. The lowest BCUT2D eigenvalue weighted by Crippen LogP contribution is -2.45. The second-order valence-corrected chi connectivity index (χ2v) is 5.63. The van der Waals surface area contributed by atoms with Crippen LogP contribution in [0.2, 0.25) is 0 Å². The molecule has 0 aromatic heterocycles. The van der Waals surface area contributed by atoms with Crippen LogP contribution in [0, 0.1) is 0 Å². The molecule has 0 bridgehead atoms. The Kier molecular flexibility index (Phi) is 3.88. The van der Waals surface area contributed by atoms with Crippen LogP contribution in [0.25, 0.3) is 0 Å². The van der Waals surface area contributed by atoms with Crippen LogP contribution in [0.3, 0.4) is 0 Å². The zero-order valence-corrected chi connectivity index (χ0v) is 11.4. The van der Waals surface area contributed by atoms with E-state index >= 15 is 0 Å². The lowest BCUT2D eigenvalue weighted by molar-refractivity contribution is -0.125. The number of amides is 2. The van der Waals surface area contributed by atoms with Gasteiger partial charge in [-0.3, -0.25) is 9.59 Å². The van der Waals surface area contributed by atoms with Crippen LogP contribution >= 0.6 is 0 Å². The molecule has 0 unspecified atom stereocenters. The summed E-state index contributed by atoms with van der Waals surface area (Å²) >= 11 is 0. The van der Waals surface area contributed by atoms with Crippen molar-refractivity contribution in [3.05, 3.63) is 35.9 Å². The van der Waals surface area contributed by atoms with E-state index in [4.69, 9.17) is 0 Å². The van der Waals surface area contributed by atoms with Gasteiger partial charge in [0.2, 0.25) is 11.8 Å². The van der Waals surface area contributed by atoms with Gasteiger partial charge in [0.05, 0.1) is 0 Å². The standard InChI is InChI=1S/C15H20N2O2/c1-15(2,11-6-4-3-5-7-11)10-16-14(19)12-8-9-13(18)17-12/h3-7,12H,8-10H2,1-2H3,(H,16,19)(H,17,18)/t12-/m0/s1. The van der Waals surface area contributed by atoms with Gasteiger partial charge < -0.3 is 10.6 Å². The third-order valence-corrected chi connectivity index (χ3v) is 3.57. The predicted octanol–water partition coefficient (Wildman–Crippen LogP) is 1.36. The van der Waals surface area contributed by atoms with Crippen molar-refractivity contribution in [3.8, 4) is 0 Å². The van der Waals surface area contributed by atoms with Crippen LogP contribution < -0.4 is 10.6 Å². The van der Waals surface area contributed by atoms with Crippen molar-refractivity contribution in [1.82, 2.24) is 10.6 Å². The molecule has 0 saturated carbocycles. The molecule has 0 spiro atoms. The smallest absolute Gasteiger partial charge is 0.242 e. The minimum Gasteiger partial charge on any atom is -0.353 e. The van der Waals surface area contributed by atoms with Crippen LogP contribution in [0.5, 0.6) is 0 Å². The summed E-state index contributed by atoms with van der Waals surface area (Å²) in [7, 11) is 0. The summed E-state index contributed by atoms with van der Waals surface area (Å²) in [6.45, 7) is 4.74. The van der Waals surface area contributed by atoms with E-state index in [0.29, 0.717) is 19.4 Å². The highest BCUT2D eigenvalue weighted by atomic mass is 16.2. The van der Waals surface area contributed by atoms with Crippen molar-refractivity contribution in [2.45, 2.75) is 38.1 Å². The Labute approximate surface area is 113 Å². The summed E-state index contributed by atoms with van der Waals surface area (Å²) in [5.41, 5.74) is 1.06. The SMILES string of the molecule is CC(C)(CNC(=O)[C@@H]1CCC(=O)N1)c1ccccc1. The van der Waals surface area contributed by atoms with Crippen LogP contribution in [0.4, 0.5) is 0 Å². The number of carbonyl (C=O) groups is 2. The summed E-state index contributed by atoms with van der Waals surface area (Å²) in [5.74, 6) is -0.127. The van der Waals surface area contributed by atoms with Gasteiger partial charge in [0.1, 0.15) is 6.04 Å². The molecule has 1 atom stereocenters. The normalized spacial score (nSPS) is 19.1. The molecule has 1 heterocycles. The first-order chi connectivity index (χ1) is 8.99. The first-order valence-electron chi connectivity index (χ1n) is 6.62. The highest BCUT2D eigenvalue weighted by Crippen LogP contribution is 2.21. The molecular weight excluding hydrogens is 240 g/mol. The van der Waals surface area contributed by atoms with E-state index in [1.54, 1.807) is 0 Å². The van der Waals surface area contributed by atoms with Gasteiger partial charge in [-0.05, 0) is 12.0 Å². The molecule has 2 N–H and O–H groups in total. The minimum absolute atomic E-state index is 0.0394. The molecule has 102 valence electrons. The minimum atomic E-state index is -0.362. The van der Waals surface area contributed by atoms with E-state index in [-0.39, 0.29) is 23.3 Å². The summed E-state index contributed by atoms with van der Waals surface area (Å²) < 4.78 is 0. The maximum atomic E-state index is 11.9. The number of hydrogen-bond donors (Lipinski definition) is 2. The van der Waals surface area contributed by atoms with E-state index in [9.17, 15) is 9.59 Å². The van der Waals surface area contributed by atoms with Crippen molar-refractivity contribution in [3.63, 3.8) is 0 Å². The van der Waals surface area contributed by atoms with E-state index in [1.165, 1.54) is 5.56 Å². The van der Waals surface area contributed by atoms with Crippen molar-refractivity contribution in [2.24, 2.45) is 0 Å². The fourth-order valence-electron chi connectivity index (χ4n) is 2.23. The van der Waals surface area contributed by atoms with E-state index < -0.39 is 0 Å². The lowest BCUT2D eigenvalue weighted by Gasteiger charge is -2.26. The van der Waals surface area contributed by atoms with E-state index in [0.717, 1.165) is 0 Å². The molecule has 1 saturated heterocycles. The van der Waals surface area contributed by atoms with Gasteiger partial charge in [0.15, 0.2) is 0 Å². The average Bonchev–Trinajstić information content (AvgIpc) is 2.84. The zero-order chi connectivity index (χ0) is 13.9. The molecule has 0 radical (unpaired) electrons. The summed E-state index contributed by atoms with van der Waals surface area (Å²) in [4.78, 5) is 23.0. The van der Waals surface area contributed by atoms with Crippen LogP contribution in [0.15, 0.2) is 30.3 Å². The molecule has 1 aromatic rings. The van der Waals surface area contributed by atoms with Gasteiger partial charge in [-0.2, -0.15) is 0 Å². The molecule has 1 aliphatic rings. The van der Waals surface area contributed by atoms with Crippen molar-refractivity contribution < 1.29 is 9.59 Å². The third-order valence-electron chi connectivity index (χ3n) is 3.57. The number of benzene rings is 1. The fourth-order valence-corrected chi connectivity index (χ4v) is 2.23. The van der Waals surface area contributed by atoms with Crippen molar-refractivity contribution in [2.75, 3.05) is 6.54 Å². The largest absolute Gasteiger partial charge is 0.353 e. The molecule has 19 heavy (non-hydrogen) atoms. The molecule has 2 rings (SSSR count). The summed E-state index contributed by atoms with van der Waals surface area (Å²) in [6.07, 6.45) is 1.04. The fraction of sp³-hybridized carbons (Fsp3) is 0.467. The maximum absolute atomic E-state index is 11.9. The number of rotatable bonds is 4. The van der Waals surface area contributed by atoms with Gasteiger partial charge in [-0.15, -0.1) is 0 Å². The van der Waals surface area contributed by atoms with Crippen molar-refractivity contribution in [1.29, 1.82) is 0 Å². The van der Waals surface area contributed by atoms with Gasteiger partial charge in [0, 0.05) is 18.4 Å². The van der Waals surface area contributed by atoms with Gasteiger partial charge >= 0.3 is 0 Å². The Hall–Kier alpha value is -1.84. The molecule has 1 aromatic carbocycles. The summed E-state index contributed by atoms with van der Waals surface area (Å²) in [5, 5.41) is 5.61. The summed E-state index contributed by atoms with van der Waals surface area (Å²) in [6, 6.07) is 9.73. The zero-order valence-electron chi connectivity index (χ0n) is 11.4. The number of nitrogens with one attached hydrogen (secondary N) is 2. The molecule has 1 fully saturated rings. The highest BCUT2D eigenvalue weighted by molar-refractivity contribution is 5.90. The number of carbonyl (C=O) groups excluding carboxylic acids is 2. The second-order valence-electron chi connectivity index (χ2n) is 5.63. The average molecular weight is 260 g/mol. The first kappa shape index (κ1) is 13.6. The van der Waals surface area contributed by atoms with E-state index in [2.05, 4.69) is 36.6 Å². The molecule has 1 aliphatic heterocycles. The molecular formula is C15H20N2O2. The Morgan fingerprint density at radius 1 is 1.37 bits per heavy atom. The Balaban J connectivity index is 1.91. The van der Waals surface area contributed by atoms with Crippen molar-refractivity contribution >= 4 is 11.8 Å². The van der Waals surface area contributed by atoms with Gasteiger partial charge in [0.25, 0.3) is 0 Å². The Morgan fingerprint density at radius 3 is 2.63 bits per heavy atom. The van der Waals surface area contributed by atoms with Crippen LogP contribution in [0.1, 0.15) is 32.3 Å².